The smallest absolute Gasteiger partial charge is 0.462 e. The van der Waals surface area contributed by atoms with Crippen molar-refractivity contribution >= 4 is 39.5 Å². The van der Waals surface area contributed by atoms with Crippen molar-refractivity contribution in [1.82, 2.24) is 0 Å². The van der Waals surface area contributed by atoms with Gasteiger partial charge in [0.25, 0.3) is 0 Å². The highest BCUT2D eigenvalue weighted by molar-refractivity contribution is 7.47. The molecule has 5 atom stereocenters. The van der Waals surface area contributed by atoms with Crippen molar-refractivity contribution in [2.24, 2.45) is 5.92 Å². The summed E-state index contributed by atoms with van der Waals surface area (Å²) in [6.07, 6.45) is 62.4. The lowest BCUT2D eigenvalue weighted by Crippen LogP contribution is -2.30. The van der Waals surface area contributed by atoms with E-state index >= 15 is 0 Å². The number of esters is 4. The van der Waals surface area contributed by atoms with Crippen LogP contribution in [-0.2, 0) is 65.4 Å². The molecule has 17 nitrogen and oxygen atoms in total. The number of unbranched alkanes of at least 4 members (excludes halogenated alkanes) is 51. The van der Waals surface area contributed by atoms with Crippen molar-refractivity contribution < 1.29 is 80.2 Å². The Bertz CT molecular complexity index is 1870. The van der Waals surface area contributed by atoms with Gasteiger partial charge in [0.1, 0.15) is 19.3 Å². The van der Waals surface area contributed by atoms with Crippen LogP contribution < -0.4 is 0 Å². The first kappa shape index (κ1) is 96.1. The monoisotopic (exact) mass is 1440 g/mol. The lowest BCUT2D eigenvalue weighted by Gasteiger charge is -2.21. The molecular weight excluding hydrogens is 1280 g/mol. The molecule has 19 heteroatoms. The van der Waals surface area contributed by atoms with Crippen molar-refractivity contribution in [3.05, 3.63) is 0 Å². The number of hydrogen-bond acceptors (Lipinski definition) is 15. The molecule has 0 saturated heterocycles. The highest BCUT2D eigenvalue weighted by atomic mass is 31.2. The fourth-order valence-electron chi connectivity index (χ4n) is 12.2. The van der Waals surface area contributed by atoms with E-state index in [1.807, 2.05) is 0 Å². The summed E-state index contributed by atoms with van der Waals surface area (Å²) < 4.78 is 68.6. The summed E-state index contributed by atoms with van der Waals surface area (Å²) >= 11 is 0. The fraction of sp³-hybridized carbons (Fsp3) is 0.949. The summed E-state index contributed by atoms with van der Waals surface area (Å²) in [7, 11) is -9.91. The number of phosphoric acid groups is 2. The summed E-state index contributed by atoms with van der Waals surface area (Å²) in [6, 6.07) is 0. The molecule has 0 aliphatic carbocycles. The molecule has 0 bridgehead atoms. The lowest BCUT2D eigenvalue weighted by molar-refractivity contribution is -0.161. The third kappa shape index (κ3) is 72.4. The second kappa shape index (κ2) is 72.0. The van der Waals surface area contributed by atoms with Gasteiger partial charge in [0.2, 0.25) is 0 Å². The summed E-state index contributed by atoms with van der Waals surface area (Å²) in [5.74, 6) is -1.29. The molecule has 2 unspecified atom stereocenters. The predicted molar refractivity (Wildman–Crippen MR) is 400 cm³/mol. The second-order valence-electron chi connectivity index (χ2n) is 28.9. The highest BCUT2D eigenvalue weighted by Gasteiger charge is 2.30. The molecular formula is C79H154O17P2. The number of rotatable bonds is 79. The van der Waals surface area contributed by atoms with E-state index in [1.165, 1.54) is 244 Å². The molecule has 3 N–H and O–H groups in total. The Morgan fingerprint density at radius 2 is 0.469 bits per heavy atom. The molecule has 0 spiro atoms. The van der Waals surface area contributed by atoms with Crippen LogP contribution in [-0.4, -0.2) is 96.7 Å². The van der Waals surface area contributed by atoms with E-state index in [0.29, 0.717) is 25.7 Å². The Labute approximate surface area is 600 Å². The summed E-state index contributed by atoms with van der Waals surface area (Å²) in [5, 5.41) is 10.6. The van der Waals surface area contributed by atoms with Crippen LogP contribution in [0.1, 0.15) is 420 Å². The summed E-state index contributed by atoms with van der Waals surface area (Å²) in [4.78, 5) is 72.9. The number of ether oxygens (including phenoxy) is 4. The fourth-order valence-corrected chi connectivity index (χ4v) is 13.8. The first-order valence-electron chi connectivity index (χ1n) is 41.1. The Morgan fingerprint density at radius 3 is 0.694 bits per heavy atom. The van der Waals surface area contributed by atoms with Gasteiger partial charge in [-0.15, -0.1) is 0 Å². The predicted octanol–water partition coefficient (Wildman–Crippen LogP) is 23.6. The maximum Gasteiger partial charge on any atom is 0.472 e. The number of carbonyl (C=O) groups excluding carboxylic acids is 4. The summed E-state index contributed by atoms with van der Waals surface area (Å²) in [5.41, 5.74) is 0. The minimum Gasteiger partial charge on any atom is -0.462 e. The number of aliphatic hydroxyl groups excluding tert-OH is 1. The van der Waals surface area contributed by atoms with Gasteiger partial charge in [-0.3, -0.25) is 37.3 Å². The van der Waals surface area contributed by atoms with Crippen molar-refractivity contribution in [3.8, 4) is 0 Å². The Hall–Kier alpha value is -1.94. The van der Waals surface area contributed by atoms with E-state index in [1.54, 1.807) is 0 Å². The van der Waals surface area contributed by atoms with Crippen LogP contribution in [0.2, 0.25) is 0 Å². The van der Waals surface area contributed by atoms with Crippen LogP contribution in [0.15, 0.2) is 0 Å². The minimum absolute atomic E-state index is 0.108. The minimum atomic E-state index is -4.96. The molecule has 0 aromatic rings. The molecule has 582 valence electrons. The largest absolute Gasteiger partial charge is 0.472 e. The number of aliphatic hydroxyl groups is 1. The number of phosphoric ester groups is 2. The molecule has 98 heavy (non-hydrogen) atoms. The zero-order chi connectivity index (χ0) is 71.9. The van der Waals surface area contributed by atoms with Gasteiger partial charge in [-0.1, -0.05) is 369 Å². The first-order chi connectivity index (χ1) is 47.5. The molecule has 0 aliphatic heterocycles. The number of carbonyl (C=O) groups is 4. The average Bonchev–Trinajstić information content (AvgIpc) is 1.60. The van der Waals surface area contributed by atoms with Crippen LogP contribution in [0.25, 0.3) is 0 Å². The first-order valence-corrected chi connectivity index (χ1v) is 44.1. The molecule has 0 rings (SSSR count). The van der Waals surface area contributed by atoms with Gasteiger partial charge < -0.3 is 33.8 Å². The van der Waals surface area contributed by atoms with Crippen LogP contribution in [0, 0.1) is 5.92 Å². The average molecular weight is 1440 g/mol. The third-order valence-electron chi connectivity index (χ3n) is 18.5. The van der Waals surface area contributed by atoms with E-state index in [4.69, 9.17) is 37.0 Å². The van der Waals surface area contributed by atoms with E-state index in [0.717, 1.165) is 95.8 Å². The van der Waals surface area contributed by atoms with E-state index in [9.17, 15) is 43.2 Å². The SMILES string of the molecule is CCCCCCCCCCCCCCCCCCC(=O)OC[C@H](COP(=O)(O)OC[C@@H](O)COP(=O)(O)OC[C@@H](COC(=O)CCCCCCCCCCC)OC(=O)CCCCCCCCCCCCCC)OC(=O)CCCCCCCCCCCCCCCCCCCCC(C)C. The van der Waals surface area contributed by atoms with Gasteiger partial charge in [0.05, 0.1) is 26.4 Å². The highest BCUT2D eigenvalue weighted by Crippen LogP contribution is 2.45. The topological polar surface area (TPSA) is 237 Å². The van der Waals surface area contributed by atoms with Gasteiger partial charge in [-0.25, -0.2) is 9.13 Å². The Kier molecular flexibility index (Phi) is 70.6. The van der Waals surface area contributed by atoms with Gasteiger partial charge >= 0.3 is 39.5 Å². The standard InChI is InChI=1S/C79H154O17P2/c1-6-9-12-15-18-21-23-25-26-32-35-39-43-48-53-58-63-77(82)90-69-75(96-79(84)65-60-55-50-45-40-36-33-30-28-27-29-31-34-37-42-46-51-56-61-72(4)5)71-94-98(87,88)92-67-73(80)66-91-97(85,86)93-70-74(68-89-76(81)62-57-52-47-41-20-17-14-11-8-3)95-78(83)64-59-54-49-44-38-24-22-19-16-13-10-7-2/h72-75,80H,6-71H2,1-5H3,(H,85,86)(H,87,88)/t73-,74+,75+/m0/s1. The molecule has 0 fully saturated rings. The van der Waals surface area contributed by atoms with Gasteiger partial charge in [-0.05, 0) is 31.6 Å². The maximum atomic E-state index is 13.1. The molecule has 0 radical (unpaired) electrons. The second-order valence-corrected chi connectivity index (χ2v) is 31.8. The van der Waals surface area contributed by atoms with E-state index in [2.05, 4.69) is 34.6 Å². The van der Waals surface area contributed by atoms with Crippen LogP contribution >= 0.6 is 15.6 Å². The van der Waals surface area contributed by atoms with E-state index in [-0.39, 0.29) is 25.7 Å². The summed E-state index contributed by atoms with van der Waals surface area (Å²) in [6.45, 7) is 7.34. The Balaban J connectivity index is 5.20. The quantitative estimate of drug-likeness (QED) is 0.0222. The maximum absolute atomic E-state index is 13.1. The van der Waals surface area contributed by atoms with Crippen molar-refractivity contribution in [2.75, 3.05) is 39.6 Å². The molecule has 0 heterocycles. The molecule has 0 amide bonds. The molecule has 0 aliphatic rings. The number of hydrogen-bond donors (Lipinski definition) is 3. The van der Waals surface area contributed by atoms with Crippen molar-refractivity contribution in [3.63, 3.8) is 0 Å². The zero-order valence-electron chi connectivity index (χ0n) is 63.9. The van der Waals surface area contributed by atoms with E-state index < -0.39 is 97.5 Å². The van der Waals surface area contributed by atoms with Crippen LogP contribution in [0.3, 0.4) is 0 Å². The normalized spacial score (nSPS) is 13.9. The van der Waals surface area contributed by atoms with Crippen molar-refractivity contribution in [2.45, 2.75) is 438 Å². The molecule has 0 aromatic heterocycles. The molecule has 0 saturated carbocycles. The lowest BCUT2D eigenvalue weighted by atomic mass is 10.0. The third-order valence-corrected chi connectivity index (χ3v) is 20.4. The van der Waals surface area contributed by atoms with Crippen molar-refractivity contribution in [1.29, 1.82) is 0 Å². The zero-order valence-corrected chi connectivity index (χ0v) is 65.7. The van der Waals surface area contributed by atoms with Gasteiger partial charge in [0, 0.05) is 25.7 Å². The van der Waals surface area contributed by atoms with Crippen LogP contribution in [0.5, 0.6) is 0 Å². The molecule has 0 aromatic carbocycles. The van der Waals surface area contributed by atoms with Gasteiger partial charge in [0.15, 0.2) is 12.2 Å². The Morgan fingerprint density at radius 1 is 0.276 bits per heavy atom. The van der Waals surface area contributed by atoms with Crippen LogP contribution in [0.4, 0.5) is 0 Å². The van der Waals surface area contributed by atoms with Gasteiger partial charge in [-0.2, -0.15) is 0 Å².